The number of carboxylic acid groups (broad SMARTS) is 1. The first kappa shape index (κ1) is 9.97. The molecule has 0 heterocycles. The van der Waals surface area contributed by atoms with Crippen molar-refractivity contribution in [2.75, 3.05) is 0 Å². The van der Waals surface area contributed by atoms with Gasteiger partial charge in [0.2, 0.25) is 0 Å². The van der Waals surface area contributed by atoms with Crippen molar-refractivity contribution in [3.63, 3.8) is 0 Å². The molecule has 0 spiro atoms. The molecule has 0 saturated heterocycles. The summed E-state index contributed by atoms with van der Waals surface area (Å²) in [7, 11) is 0. The molecule has 0 amide bonds. The minimum Gasteiger partial charge on any atom is -0.481 e. The molecule has 78 valence electrons. The van der Waals surface area contributed by atoms with Crippen molar-refractivity contribution in [1.82, 2.24) is 0 Å². The maximum atomic E-state index is 10.9. The molecule has 1 atom stereocenters. The third-order valence-corrected chi connectivity index (χ3v) is 2.87. The van der Waals surface area contributed by atoms with Crippen LogP contribution in [0.15, 0.2) is 36.4 Å². The lowest BCUT2D eigenvalue weighted by Gasteiger charge is -2.19. The lowest BCUT2D eigenvalue weighted by Crippen LogP contribution is -2.16. The van der Waals surface area contributed by atoms with E-state index < -0.39 is 5.97 Å². The van der Waals surface area contributed by atoms with Crippen molar-refractivity contribution in [3.8, 4) is 0 Å². The smallest absolute Gasteiger partial charge is 0.306 e. The lowest BCUT2D eigenvalue weighted by atomic mass is 9.86. The predicted molar refractivity (Wildman–Crippen MR) is 59.4 cm³/mol. The number of carboxylic acids is 1. The molecule has 15 heavy (non-hydrogen) atoms. The zero-order valence-electron chi connectivity index (χ0n) is 8.52. The molecule has 0 fully saturated rings. The van der Waals surface area contributed by atoms with Crippen LogP contribution in [0.25, 0.3) is 5.57 Å². The van der Waals surface area contributed by atoms with E-state index in [0.29, 0.717) is 6.42 Å². The van der Waals surface area contributed by atoms with E-state index in [0.717, 1.165) is 18.4 Å². The first-order valence-corrected chi connectivity index (χ1v) is 5.24. The maximum Gasteiger partial charge on any atom is 0.306 e. The van der Waals surface area contributed by atoms with Crippen molar-refractivity contribution in [1.29, 1.82) is 0 Å². The van der Waals surface area contributed by atoms with E-state index in [2.05, 4.69) is 6.08 Å². The monoisotopic (exact) mass is 202 g/mol. The molecule has 2 heteroatoms. The molecule has 1 aliphatic carbocycles. The van der Waals surface area contributed by atoms with Crippen LogP contribution in [0.5, 0.6) is 0 Å². The number of hydrogen-bond donors (Lipinski definition) is 1. The SMILES string of the molecule is O=C(O)C1CCC=C(c2ccccc2)C1. The van der Waals surface area contributed by atoms with Gasteiger partial charge in [0, 0.05) is 0 Å². The highest BCUT2D eigenvalue weighted by Gasteiger charge is 2.22. The number of allylic oxidation sites excluding steroid dienone is 2. The summed E-state index contributed by atoms with van der Waals surface area (Å²) in [6, 6.07) is 10.0. The van der Waals surface area contributed by atoms with Gasteiger partial charge in [-0.05, 0) is 30.4 Å². The maximum absolute atomic E-state index is 10.9. The number of carbonyl (C=O) groups is 1. The Hall–Kier alpha value is -1.57. The van der Waals surface area contributed by atoms with Gasteiger partial charge in [-0.15, -0.1) is 0 Å². The Morgan fingerprint density at radius 1 is 1.27 bits per heavy atom. The molecule has 0 bridgehead atoms. The summed E-state index contributed by atoms with van der Waals surface area (Å²) < 4.78 is 0. The molecule has 1 unspecified atom stereocenters. The molecule has 1 N–H and O–H groups in total. The summed E-state index contributed by atoms with van der Waals surface area (Å²) in [5.41, 5.74) is 2.33. The van der Waals surface area contributed by atoms with Gasteiger partial charge < -0.3 is 5.11 Å². The van der Waals surface area contributed by atoms with Crippen LogP contribution in [-0.2, 0) is 4.79 Å². The fraction of sp³-hybridized carbons (Fsp3) is 0.308. The summed E-state index contributed by atoms with van der Waals surface area (Å²) in [4.78, 5) is 10.9. The largest absolute Gasteiger partial charge is 0.481 e. The van der Waals surface area contributed by atoms with Gasteiger partial charge in [0.25, 0.3) is 0 Å². The molecule has 2 rings (SSSR count). The molecule has 1 aromatic carbocycles. The highest BCUT2D eigenvalue weighted by atomic mass is 16.4. The summed E-state index contributed by atoms with van der Waals surface area (Å²) >= 11 is 0. The summed E-state index contributed by atoms with van der Waals surface area (Å²) in [5, 5.41) is 8.98. The summed E-state index contributed by atoms with van der Waals surface area (Å²) in [6.07, 6.45) is 4.47. The van der Waals surface area contributed by atoms with E-state index in [1.165, 1.54) is 5.57 Å². The Bertz CT molecular complexity index is 379. The molecule has 0 saturated carbocycles. The predicted octanol–water partition coefficient (Wildman–Crippen LogP) is 2.95. The second-order valence-electron chi connectivity index (χ2n) is 3.91. The van der Waals surface area contributed by atoms with Crippen LogP contribution in [0.1, 0.15) is 24.8 Å². The molecule has 1 aliphatic rings. The van der Waals surface area contributed by atoms with Crippen LogP contribution in [0.2, 0.25) is 0 Å². The van der Waals surface area contributed by atoms with Crippen molar-refractivity contribution in [2.24, 2.45) is 5.92 Å². The van der Waals surface area contributed by atoms with Gasteiger partial charge >= 0.3 is 5.97 Å². The Morgan fingerprint density at radius 2 is 2.00 bits per heavy atom. The zero-order valence-corrected chi connectivity index (χ0v) is 8.52. The van der Waals surface area contributed by atoms with Crippen molar-refractivity contribution in [2.45, 2.75) is 19.3 Å². The van der Waals surface area contributed by atoms with E-state index in [1.54, 1.807) is 0 Å². The van der Waals surface area contributed by atoms with Crippen molar-refractivity contribution < 1.29 is 9.90 Å². The van der Waals surface area contributed by atoms with Crippen LogP contribution < -0.4 is 0 Å². The second kappa shape index (κ2) is 4.30. The standard InChI is InChI=1S/C13H14O2/c14-13(15)12-8-4-7-11(9-12)10-5-2-1-3-6-10/h1-3,5-7,12H,4,8-9H2,(H,14,15). The van der Waals surface area contributed by atoms with Crippen LogP contribution in [0, 0.1) is 5.92 Å². The normalized spacial score (nSPS) is 20.8. The molecule has 0 aliphatic heterocycles. The van der Waals surface area contributed by atoms with Crippen LogP contribution in [0.3, 0.4) is 0 Å². The quantitative estimate of drug-likeness (QED) is 0.800. The molecule has 0 radical (unpaired) electrons. The van der Waals surface area contributed by atoms with Crippen LogP contribution in [0.4, 0.5) is 0 Å². The third kappa shape index (κ3) is 2.27. The third-order valence-electron chi connectivity index (χ3n) is 2.87. The minimum absolute atomic E-state index is 0.204. The van der Waals surface area contributed by atoms with Crippen molar-refractivity contribution >= 4 is 11.5 Å². The Labute approximate surface area is 89.2 Å². The van der Waals surface area contributed by atoms with Crippen LogP contribution in [-0.4, -0.2) is 11.1 Å². The number of aliphatic carboxylic acids is 1. The van der Waals surface area contributed by atoms with Gasteiger partial charge in [0.1, 0.15) is 0 Å². The average Bonchev–Trinajstić information content (AvgIpc) is 2.30. The van der Waals surface area contributed by atoms with Gasteiger partial charge in [-0.25, -0.2) is 0 Å². The number of benzene rings is 1. The molecule has 1 aromatic rings. The molecular formula is C13H14O2. The number of hydrogen-bond acceptors (Lipinski definition) is 1. The fourth-order valence-corrected chi connectivity index (χ4v) is 2.01. The van der Waals surface area contributed by atoms with E-state index >= 15 is 0 Å². The van der Waals surface area contributed by atoms with Gasteiger partial charge in [0.05, 0.1) is 5.92 Å². The summed E-state index contributed by atoms with van der Waals surface area (Å²) in [6.45, 7) is 0. The van der Waals surface area contributed by atoms with E-state index in [1.807, 2.05) is 30.3 Å². The Kier molecular flexibility index (Phi) is 2.86. The number of rotatable bonds is 2. The summed E-state index contributed by atoms with van der Waals surface area (Å²) in [5.74, 6) is -0.873. The minimum atomic E-state index is -0.670. The highest BCUT2D eigenvalue weighted by molar-refractivity contribution is 5.76. The van der Waals surface area contributed by atoms with E-state index in [-0.39, 0.29) is 5.92 Å². The van der Waals surface area contributed by atoms with Gasteiger partial charge in [-0.1, -0.05) is 36.4 Å². The molecule has 2 nitrogen and oxygen atoms in total. The van der Waals surface area contributed by atoms with Gasteiger partial charge in [0.15, 0.2) is 0 Å². The Morgan fingerprint density at radius 3 is 2.67 bits per heavy atom. The van der Waals surface area contributed by atoms with E-state index in [4.69, 9.17) is 5.11 Å². The first-order chi connectivity index (χ1) is 7.27. The van der Waals surface area contributed by atoms with Crippen molar-refractivity contribution in [3.05, 3.63) is 42.0 Å². The molecule has 0 aromatic heterocycles. The van der Waals surface area contributed by atoms with Crippen LogP contribution >= 0.6 is 0 Å². The second-order valence-corrected chi connectivity index (χ2v) is 3.91. The highest BCUT2D eigenvalue weighted by Crippen LogP contribution is 2.30. The lowest BCUT2D eigenvalue weighted by molar-refractivity contribution is -0.141. The van der Waals surface area contributed by atoms with Gasteiger partial charge in [-0.3, -0.25) is 4.79 Å². The van der Waals surface area contributed by atoms with E-state index in [9.17, 15) is 4.79 Å². The Balaban J connectivity index is 2.18. The zero-order chi connectivity index (χ0) is 10.7. The van der Waals surface area contributed by atoms with Gasteiger partial charge in [-0.2, -0.15) is 0 Å². The first-order valence-electron chi connectivity index (χ1n) is 5.24. The molecular weight excluding hydrogens is 188 g/mol. The fourth-order valence-electron chi connectivity index (χ4n) is 2.01. The average molecular weight is 202 g/mol. The topological polar surface area (TPSA) is 37.3 Å².